The summed E-state index contributed by atoms with van der Waals surface area (Å²) in [6, 6.07) is 4.50. The molecule has 0 unspecified atom stereocenters. The highest BCUT2D eigenvalue weighted by Gasteiger charge is 2.29. The molecule has 1 heterocycles. The number of thiophene rings is 1. The number of carbonyl (C=O) groups excluding carboxylic acids is 1. The van der Waals surface area contributed by atoms with Gasteiger partial charge in [0.25, 0.3) is 0 Å². The summed E-state index contributed by atoms with van der Waals surface area (Å²) in [4.78, 5) is 14.4. The van der Waals surface area contributed by atoms with Crippen LogP contribution in [0, 0.1) is 17.2 Å². The van der Waals surface area contributed by atoms with Crippen molar-refractivity contribution in [2.24, 2.45) is 5.92 Å². The molecule has 0 aliphatic heterocycles. The molecule has 1 aromatic heterocycles. The molecule has 1 amide bonds. The fourth-order valence-corrected chi connectivity index (χ4v) is 3.01. The monoisotopic (exact) mass is 291 g/mol. The number of amides is 1. The van der Waals surface area contributed by atoms with Crippen LogP contribution in [0.1, 0.15) is 38.7 Å². The number of nitrogens with zero attached hydrogens (tertiary/aromatic N) is 2. The van der Waals surface area contributed by atoms with Crippen molar-refractivity contribution in [3.8, 4) is 6.07 Å². The maximum atomic E-state index is 12.0. The van der Waals surface area contributed by atoms with Gasteiger partial charge in [-0.15, -0.1) is 11.3 Å². The van der Waals surface area contributed by atoms with Gasteiger partial charge in [-0.2, -0.15) is 5.26 Å². The van der Waals surface area contributed by atoms with E-state index in [9.17, 15) is 4.79 Å². The lowest BCUT2D eigenvalue weighted by molar-refractivity contribution is -0.116. The Morgan fingerprint density at radius 3 is 2.95 bits per heavy atom. The molecule has 108 valence electrons. The van der Waals surface area contributed by atoms with Gasteiger partial charge in [-0.05, 0) is 30.2 Å². The first kappa shape index (κ1) is 15.0. The second kappa shape index (κ2) is 6.87. The van der Waals surface area contributed by atoms with E-state index in [0.29, 0.717) is 28.9 Å². The van der Waals surface area contributed by atoms with Crippen molar-refractivity contribution in [1.29, 1.82) is 5.26 Å². The molecule has 0 spiro atoms. The third kappa shape index (κ3) is 4.32. The Kier molecular flexibility index (Phi) is 5.16. The summed E-state index contributed by atoms with van der Waals surface area (Å²) in [5, 5.41) is 14.2. The van der Waals surface area contributed by atoms with Crippen LogP contribution in [-0.2, 0) is 4.79 Å². The maximum absolute atomic E-state index is 12.0. The summed E-state index contributed by atoms with van der Waals surface area (Å²) in [6.45, 7) is 6.28. The van der Waals surface area contributed by atoms with E-state index < -0.39 is 0 Å². The lowest BCUT2D eigenvalue weighted by Gasteiger charge is -2.23. The molecular weight excluding hydrogens is 270 g/mol. The Hall–Kier alpha value is -1.38. The fraction of sp³-hybridized carbons (Fsp3) is 0.600. The SMILES string of the molecule is CC(C)CN(CCC(=O)Nc1sccc1C#N)C1CC1. The topological polar surface area (TPSA) is 56.1 Å². The van der Waals surface area contributed by atoms with E-state index in [1.807, 2.05) is 5.38 Å². The zero-order valence-electron chi connectivity index (χ0n) is 12.1. The van der Waals surface area contributed by atoms with Crippen molar-refractivity contribution in [1.82, 2.24) is 4.90 Å². The lowest BCUT2D eigenvalue weighted by Crippen LogP contribution is -2.33. The van der Waals surface area contributed by atoms with Crippen LogP contribution in [0.2, 0.25) is 0 Å². The summed E-state index contributed by atoms with van der Waals surface area (Å²) < 4.78 is 0. The van der Waals surface area contributed by atoms with Gasteiger partial charge in [0.2, 0.25) is 5.91 Å². The average molecular weight is 291 g/mol. The van der Waals surface area contributed by atoms with Crippen molar-refractivity contribution in [2.75, 3.05) is 18.4 Å². The molecule has 0 atom stereocenters. The smallest absolute Gasteiger partial charge is 0.226 e. The van der Waals surface area contributed by atoms with Gasteiger partial charge < -0.3 is 5.32 Å². The van der Waals surface area contributed by atoms with Gasteiger partial charge in [-0.25, -0.2) is 0 Å². The number of hydrogen-bond donors (Lipinski definition) is 1. The van der Waals surface area contributed by atoms with Crippen molar-refractivity contribution in [3.63, 3.8) is 0 Å². The highest BCUT2D eigenvalue weighted by Crippen LogP contribution is 2.28. The predicted octanol–water partition coefficient (Wildman–Crippen LogP) is 3.07. The summed E-state index contributed by atoms with van der Waals surface area (Å²) in [6.07, 6.45) is 3.02. The summed E-state index contributed by atoms with van der Waals surface area (Å²) in [7, 11) is 0. The summed E-state index contributed by atoms with van der Waals surface area (Å²) in [5.41, 5.74) is 0.546. The third-order valence-corrected chi connectivity index (χ3v) is 4.16. The molecule has 1 aliphatic rings. The van der Waals surface area contributed by atoms with Crippen LogP contribution >= 0.6 is 11.3 Å². The van der Waals surface area contributed by atoms with Gasteiger partial charge in [0, 0.05) is 25.6 Å². The molecule has 5 heteroatoms. The zero-order valence-corrected chi connectivity index (χ0v) is 12.9. The predicted molar refractivity (Wildman–Crippen MR) is 81.7 cm³/mol. The van der Waals surface area contributed by atoms with Crippen molar-refractivity contribution < 1.29 is 4.79 Å². The molecule has 2 rings (SSSR count). The number of nitriles is 1. The van der Waals surface area contributed by atoms with E-state index in [1.54, 1.807) is 6.07 Å². The highest BCUT2D eigenvalue weighted by molar-refractivity contribution is 7.14. The quantitative estimate of drug-likeness (QED) is 0.840. The number of carbonyl (C=O) groups is 1. The molecule has 4 nitrogen and oxygen atoms in total. The van der Waals surface area contributed by atoms with Crippen LogP contribution in [0.4, 0.5) is 5.00 Å². The van der Waals surface area contributed by atoms with Gasteiger partial charge in [0.05, 0.1) is 5.56 Å². The van der Waals surface area contributed by atoms with Crippen LogP contribution in [-0.4, -0.2) is 29.9 Å². The van der Waals surface area contributed by atoms with E-state index in [2.05, 4.69) is 30.1 Å². The average Bonchev–Trinajstić information content (AvgIpc) is 3.15. The Labute approximate surface area is 124 Å². The van der Waals surface area contributed by atoms with Crippen molar-refractivity contribution in [3.05, 3.63) is 17.0 Å². The Morgan fingerprint density at radius 2 is 2.35 bits per heavy atom. The molecule has 20 heavy (non-hydrogen) atoms. The number of rotatable bonds is 7. The number of nitrogens with one attached hydrogen (secondary N) is 1. The standard InChI is InChI=1S/C15H21N3OS/c1-11(2)10-18(13-3-4-13)7-5-14(19)17-15-12(9-16)6-8-20-15/h6,8,11,13H,3-5,7,10H2,1-2H3,(H,17,19). The molecule has 0 radical (unpaired) electrons. The lowest BCUT2D eigenvalue weighted by atomic mass is 10.2. The molecule has 1 aliphatic carbocycles. The van der Waals surface area contributed by atoms with Crippen LogP contribution < -0.4 is 5.32 Å². The van der Waals surface area contributed by atoms with Crippen molar-refractivity contribution >= 4 is 22.2 Å². The van der Waals surface area contributed by atoms with E-state index >= 15 is 0 Å². The molecular formula is C15H21N3OS. The Balaban J connectivity index is 1.81. The van der Waals surface area contributed by atoms with E-state index in [1.165, 1.54) is 24.2 Å². The van der Waals surface area contributed by atoms with Gasteiger partial charge >= 0.3 is 0 Å². The minimum absolute atomic E-state index is 0.00152. The molecule has 1 fully saturated rings. The molecule has 1 saturated carbocycles. The van der Waals surface area contributed by atoms with Crippen LogP contribution in [0.25, 0.3) is 0 Å². The Bertz CT molecular complexity index is 499. The molecule has 0 bridgehead atoms. The van der Waals surface area contributed by atoms with E-state index in [-0.39, 0.29) is 5.91 Å². The third-order valence-electron chi connectivity index (χ3n) is 3.33. The highest BCUT2D eigenvalue weighted by atomic mass is 32.1. The fourth-order valence-electron chi connectivity index (χ4n) is 2.26. The van der Waals surface area contributed by atoms with E-state index in [4.69, 9.17) is 5.26 Å². The maximum Gasteiger partial charge on any atom is 0.226 e. The number of hydrogen-bond acceptors (Lipinski definition) is 4. The summed E-state index contributed by atoms with van der Waals surface area (Å²) >= 11 is 1.40. The van der Waals surface area contributed by atoms with Gasteiger partial charge in [-0.1, -0.05) is 13.8 Å². The van der Waals surface area contributed by atoms with Gasteiger partial charge in [0.1, 0.15) is 11.1 Å². The van der Waals surface area contributed by atoms with Crippen LogP contribution in [0.3, 0.4) is 0 Å². The first-order chi connectivity index (χ1) is 9.60. The molecule has 1 aromatic rings. The first-order valence-corrected chi connectivity index (χ1v) is 7.99. The Morgan fingerprint density at radius 1 is 1.60 bits per heavy atom. The molecule has 0 saturated heterocycles. The second-order valence-corrected chi connectivity index (χ2v) is 6.61. The minimum Gasteiger partial charge on any atom is -0.317 e. The van der Waals surface area contributed by atoms with Crippen LogP contribution in [0.15, 0.2) is 11.4 Å². The van der Waals surface area contributed by atoms with Crippen molar-refractivity contribution in [2.45, 2.75) is 39.2 Å². The largest absolute Gasteiger partial charge is 0.317 e. The molecule has 0 aromatic carbocycles. The summed E-state index contributed by atoms with van der Waals surface area (Å²) in [5.74, 6) is 0.625. The van der Waals surface area contributed by atoms with Gasteiger partial charge in [-0.3, -0.25) is 9.69 Å². The van der Waals surface area contributed by atoms with Gasteiger partial charge in [0.15, 0.2) is 0 Å². The minimum atomic E-state index is -0.00152. The zero-order chi connectivity index (χ0) is 14.5. The van der Waals surface area contributed by atoms with E-state index in [0.717, 1.165) is 13.1 Å². The number of anilines is 1. The van der Waals surface area contributed by atoms with Crippen LogP contribution in [0.5, 0.6) is 0 Å². The molecule has 1 N–H and O–H groups in total. The normalized spacial score (nSPS) is 14.6. The second-order valence-electron chi connectivity index (χ2n) is 5.69. The first-order valence-electron chi connectivity index (χ1n) is 7.11.